The Morgan fingerprint density at radius 1 is 1.29 bits per heavy atom. The minimum absolute atomic E-state index is 0.298. The predicted molar refractivity (Wildman–Crippen MR) is 71.2 cm³/mol. The first-order chi connectivity index (χ1) is 7.74. The highest BCUT2D eigenvalue weighted by Crippen LogP contribution is 2.45. The summed E-state index contributed by atoms with van der Waals surface area (Å²) in [5.74, 6) is 0.298. The summed E-state index contributed by atoms with van der Waals surface area (Å²) >= 11 is 0. The molecule has 17 heavy (non-hydrogen) atoms. The number of hydrogen-bond donors (Lipinski definition) is 3. The third-order valence-corrected chi connectivity index (χ3v) is 3.50. The number of oxime groups is 1. The highest BCUT2D eigenvalue weighted by atomic mass is 16.4. The van der Waals surface area contributed by atoms with Crippen LogP contribution in [0.1, 0.15) is 53.4 Å². The zero-order valence-electron chi connectivity index (χ0n) is 11.6. The van der Waals surface area contributed by atoms with Gasteiger partial charge in [-0.15, -0.1) is 0 Å². The molecule has 0 aromatic carbocycles. The van der Waals surface area contributed by atoms with E-state index in [1.54, 1.807) is 0 Å². The normalized spacial score (nSPS) is 24.8. The van der Waals surface area contributed by atoms with Gasteiger partial charge in [-0.3, -0.25) is 0 Å². The van der Waals surface area contributed by atoms with Crippen LogP contribution in [0.4, 0.5) is 0 Å². The van der Waals surface area contributed by atoms with Gasteiger partial charge in [0, 0.05) is 19.0 Å². The molecule has 0 aromatic rings. The molecule has 0 aliphatic heterocycles. The molecular weight excluding hydrogens is 214 g/mol. The van der Waals surface area contributed by atoms with E-state index < -0.39 is 0 Å². The lowest BCUT2D eigenvalue weighted by atomic mass is 9.63. The fraction of sp³-hybridized carbons (Fsp3) is 0.923. The van der Waals surface area contributed by atoms with Gasteiger partial charge < -0.3 is 16.3 Å². The van der Waals surface area contributed by atoms with Gasteiger partial charge in [0.1, 0.15) is 5.84 Å². The number of amidine groups is 1. The summed E-state index contributed by atoms with van der Waals surface area (Å²) in [7, 11) is 0. The molecule has 1 aliphatic carbocycles. The van der Waals surface area contributed by atoms with E-state index in [9.17, 15) is 0 Å². The van der Waals surface area contributed by atoms with Crippen molar-refractivity contribution in [1.82, 2.24) is 5.32 Å². The lowest BCUT2D eigenvalue weighted by molar-refractivity contribution is 0.0856. The van der Waals surface area contributed by atoms with Gasteiger partial charge in [-0.2, -0.15) is 0 Å². The Balaban J connectivity index is 2.43. The van der Waals surface area contributed by atoms with E-state index in [4.69, 9.17) is 10.9 Å². The second-order valence-corrected chi connectivity index (χ2v) is 6.91. The van der Waals surface area contributed by atoms with Gasteiger partial charge in [-0.1, -0.05) is 32.9 Å². The van der Waals surface area contributed by atoms with Crippen molar-refractivity contribution in [3.63, 3.8) is 0 Å². The van der Waals surface area contributed by atoms with E-state index in [0.29, 0.717) is 29.1 Å². The summed E-state index contributed by atoms with van der Waals surface area (Å²) in [4.78, 5) is 0. The Kier molecular flexibility index (Phi) is 4.42. The standard InChI is InChI=1S/C13H27N3O/c1-12(2)7-10(8-13(3,4)9-12)15-6-5-11(14)16-17/h10,15,17H,5-9H2,1-4H3,(H2,14,16). The van der Waals surface area contributed by atoms with Gasteiger partial charge in [0.2, 0.25) is 0 Å². The molecule has 0 heterocycles. The summed E-state index contributed by atoms with van der Waals surface area (Å²) in [6.07, 6.45) is 4.28. The maximum absolute atomic E-state index is 8.47. The second-order valence-electron chi connectivity index (χ2n) is 6.91. The average molecular weight is 241 g/mol. The minimum Gasteiger partial charge on any atom is -0.409 e. The summed E-state index contributed by atoms with van der Waals surface area (Å²) < 4.78 is 0. The SMILES string of the molecule is CC1(C)CC(NCCC(N)=NO)CC(C)(C)C1. The van der Waals surface area contributed by atoms with Crippen molar-refractivity contribution in [2.45, 2.75) is 59.4 Å². The Hall–Kier alpha value is -0.770. The molecule has 1 saturated carbocycles. The van der Waals surface area contributed by atoms with E-state index in [2.05, 4.69) is 38.2 Å². The maximum Gasteiger partial charge on any atom is 0.140 e. The summed E-state index contributed by atoms with van der Waals surface area (Å²) in [6.45, 7) is 10.1. The molecule has 1 aliphatic rings. The number of hydrogen-bond acceptors (Lipinski definition) is 3. The minimum atomic E-state index is 0.298. The number of nitrogens with zero attached hydrogens (tertiary/aromatic N) is 1. The van der Waals surface area contributed by atoms with E-state index in [1.807, 2.05) is 0 Å². The van der Waals surface area contributed by atoms with Crippen LogP contribution in [-0.4, -0.2) is 23.6 Å². The zero-order valence-corrected chi connectivity index (χ0v) is 11.6. The molecule has 0 bridgehead atoms. The first-order valence-electron chi connectivity index (χ1n) is 6.44. The Morgan fingerprint density at radius 3 is 2.29 bits per heavy atom. The number of nitrogens with one attached hydrogen (secondary N) is 1. The summed E-state index contributed by atoms with van der Waals surface area (Å²) in [6, 6.07) is 0.542. The van der Waals surface area contributed by atoms with Crippen molar-refractivity contribution in [3.05, 3.63) is 0 Å². The van der Waals surface area contributed by atoms with Gasteiger partial charge in [0.25, 0.3) is 0 Å². The molecule has 0 radical (unpaired) electrons. The highest BCUT2D eigenvalue weighted by Gasteiger charge is 2.37. The van der Waals surface area contributed by atoms with Gasteiger partial charge in [0.15, 0.2) is 0 Å². The number of nitrogens with two attached hydrogens (primary N) is 1. The largest absolute Gasteiger partial charge is 0.409 e. The zero-order chi connectivity index (χ0) is 13.1. The van der Waals surface area contributed by atoms with Crippen LogP contribution in [-0.2, 0) is 0 Å². The molecule has 1 fully saturated rings. The number of rotatable bonds is 4. The summed E-state index contributed by atoms with van der Waals surface area (Å²) in [5.41, 5.74) is 6.25. The van der Waals surface area contributed by atoms with Crippen molar-refractivity contribution >= 4 is 5.84 Å². The van der Waals surface area contributed by atoms with Crippen LogP contribution in [0.5, 0.6) is 0 Å². The van der Waals surface area contributed by atoms with Crippen LogP contribution in [0.3, 0.4) is 0 Å². The van der Waals surface area contributed by atoms with Crippen molar-refractivity contribution < 1.29 is 5.21 Å². The van der Waals surface area contributed by atoms with E-state index in [0.717, 1.165) is 6.54 Å². The summed E-state index contributed by atoms with van der Waals surface area (Å²) in [5, 5.41) is 15.0. The van der Waals surface area contributed by atoms with Gasteiger partial charge in [0.05, 0.1) is 0 Å². The topological polar surface area (TPSA) is 70.6 Å². The van der Waals surface area contributed by atoms with E-state index in [-0.39, 0.29) is 0 Å². The second kappa shape index (κ2) is 5.25. The molecule has 0 atom stereocenters. The first-order valence-corrected chi connectivity index (χ1v) is 6.44. The Morgan fingerprint density at radius 2 is 1.82 bits per heavy atom. The highest BCUT2D eigenvalue weighted by molar-refractivity contribution is 5.79. The first kappa shape index (κ1) is 14.3. The van der Waals surface area contributed by atoms with Crippen LogP contribution in [0, 0.1) is 10.8 Å². The van der Waals surface area contributed by atoms with Crippen molar-refractivity contribution in [3.8, 4) is 0 Å². The van der Waals surface area contributed by atoms with Crippen LogP contribution in [0.25, 0.3) is 0 Å². The maximum atomic E-state index is 8.47. The molecule has 4 nitrogen and oxygen atoms in total. The third-order valence-electron chi connectivity index (χ3n) is 3.50. The lowest BCUT2D eigenvalue weighted by Crippen LogP contribution is -2.44. The van der Waals surface area contributed by atoms with Crippen LogP contribution < -0.4 is 11.1 Å². The quantitative estimate of drug-likeness (QED) is 0.306. The average Bonchev–Trinajstić information content (AvgIpc) is 2.12. The Bertz CT molecular complexity index is 268. The smallest absolute Gasteiger partial charge is 0.140 e. The third kappa shape index (κ3) is 4.94. The monoisotopic (exact) mass is 241 g/mol. The molecule has 0 unspecified atom stereocenters. The molecule has 1 rings (SSSR count). The fourth-order valence-electron chi connectivity index (χ4n) is 3.44. The van der Waals surface area contributed by atoms with Crippen LogP contribution in [0.15, 0.2) is 5.16 Å². The molecule has 0 aromatic heterocycles. The predicted octanol–water partition coefficient (Wildman–Crippen LogP) is 2.32. The van der Waals surface area contributed by atoms with E-state index in [1.165, 1.54) is 19.3 Å². The van der Waals surface area contributed by atoms with Crippen LogP contribution >= 0.6 is 0 Å². The van der Waals surface area contributed by atoms with Crippen molar-refractivity contribution in [2.24, 2.45) is 21.7 Å². The van der Waals surface area contributed by atoms with Crippen LogP contribution in [0.2, 0.25) is 0 Å². The van der Waals surface area contributed by atoms with Crippen molar-refractivity contribution in [1.29, 1.82) is 0 Å². The molecular formula is C13H27N3O. The lowest BCUT2D eigenvalue weighted by Gasteiger charge is -2.45. The fourth-order valence-corrected chi connectivity index (χ4v) is 3.44. The molecule has 4 heteroatoms. The molecule has 0 spiro atoms. The molecule has 0 saturated heterocycles. The van der Waals surface area contributed by atoms with Gasteiger partial charge in [-0.25, -0.2) is 0 Å². The molecule has 0 amide bonds. The van der Waals surface area contributed by atoms with Gasteiger partial charge >= 0.3 is 0 Å². The Labute approximate surface area is 105 Å². The van der Waals surface area contributed by atoms with E-state index >= 15 is 0 Å². The molecule has 4 N–H and O–H groups in total. The van der Waals surface area contributed by atoms with Crippen molar-refractivity contribution in [2.75, 3.05) is 6.54 Å². The van der Waals surface area contributed by atoms with Gasteiger partial charge in [-0.05, 0) is 30.1 Å². The molecule has 100 valence electrons.